The summed E-state index contributed by atoms with van der Waals surface area (Å²) in [5.74, 6) is -0.945. The van der Waals surface area contributed by atoms with E-state index in [0.717, 1.165) is 11.1 Å². The molecular formula is C15H15BrN2O5S2. The molecule has 2 aromatic heterocycles. The molecule has 0 radical (unpaired) electrons. The average molecular weight is 447 g/mol. The van der Waals surface area contributed by atoms with Crippen molar-refractivity contribution in [2.24, 2.45) is 0 Å². The van der Waals surface area contributed by atoms with Gasteiger partial charge in [0.25, 0.3) is 0 Å². The van der Waals surface area contributed by atoms with Crippen LogP contribution >= 0.6 is 27.3 Å². The fourth-order valence-corrected chi connectivity index (χ4v) is 3.60. The van der Waals surface area contributed by atoms with Crippen molar-refractivity contribution in [3.63, 3.8) is 0 Å². The predicted molar refractivity (Wildman–Crippen MR) is 97.4 cm³/mol. The molecule has 0 saturated heterocycles. The first kappa shape index (κ1) is 19.7. The van der Waals surface area contributed by atoms with Gasteiger partial charge in [0.05, 0.1) is 16.7 Å². The average Bonchev–Trinajstić information content (AvgIpc) is 3.00. The Balaban J connectivity index is 1.86. The number of hydrogen-bond donors (Lipinski definition) is 1. The lowest BCUT2D eigenvalue weighted by molar-refractivity contribution is 0.0475. The molecule has 0 amide bonds. The Hall–Kier alpha value is -1.62. The lowest BCUT2D eigenvalue weighted by Crippen LogP contribution is -2.24. The van der Waals surface area contributed by atoms with Gasteiger partial charge in [-0.25, -0.2) is 17.9 Å². The number of sulfonamides is 1. The quantitative estimate of drug-likeness (QED) is 0.491. The largest absolute Gasteiger partial charge is 0.454 e. The van der Waals surface area contributed by atoms with Gasteiger partial charge in [0, 0.05) is 28.3 Å². The Bertz CT molecular complexity index is 880. The van der Waals surface area contributed by atoms with Crippen LogP contribution in [0.2, 0.25) is 0 Å². The molecule has 2 rings (SSSR count). The standard InChI is InChI=1S/C15H15BrN2O5S2/c1-25(21,22)18-5-4-12-2-3-14(24-12)13(19)9-23-15(20)10-6-11(16)8-17-7-10/h2-3,6-8,18H,4-5,9H2,1H3. The van der Waals surface area contributed by atoms with E-state index >= 15 is 0 Å². The van der Waals surface area contributed by atoms with Gasteiger partial charge in [0.2, 0.25) is 15.8 Å². The molecule has 134 valence electrons. The third-order valence-corrected chi connectivity index (χ3v) is 5.30. The van der Waals surface area contributed by atoms with Crippen LogP contribution in [-0.2, 0) is 21.2 Å². The van der Waals surface area contributed by atoms with E-state index in [0.29, 0.717) is 15.8 Å². The number of hydrogen-bond acceptors (Lipinski definition) is 7. The third-order valence-electron chi connectivity index (χ3n) is 2.95. The molecule has 0 unspecified atom stereocenters. The van der Waals surface area contributed by atoms with E-state index in [4.69, 9.17) is 4.74 Å². The Kier molecular flexibility index (Phi) is 6.82. The van der Waals surface area contributed by atoms with E-state index in [1.165, 1.54) is 23.7 Å². The highest BCUT2D eigenvalue weighted by Gasteiger charge is 2.14. The SMILES string of the molecule is CS(=O)(=O)NCCc1ccc(C(=O)COC(=O)c2cncc(Br)c2)s1. The minimum absolute atomic E-state index is 0.251. The fourth-order valence-electron chi connectivity index (χ4n) is 1.83. The van der Waals surface area contributed by atoms with Gasteiger partial charge in [0.15, 0.2) is 6.61 Å². The number of Topliss-reactive ketones (excluding diaryl/α,β-unsaturated/α-hetero) is 1. The maximum atomic E-state index is 12.1. The highest BCUT2D eigenvalue weighted by atomic mass is 79.9. The maximum absolute atomic E-state index is 12.1. The second kappa shape index (κ2) is 8.65. The summed E-state index contributed by atoms with van der Waals surface area (Å²) < 4.78 is 30.0. The van der Waals surface area contributed by atoms with E-state index in [-0.39, 0.29) is 24.5 Å². The Morgan fingerprint density at radius 3 is 2.76 bits per heavy atom. The molecule has 0 aliphatic rings. The molecule has 0 spiro atoms. The molecule has 7 nitrogen and oxygen atoms in total. The first-order chi connectivity index (χ1) is 11.7. The normalized spacial score (nSPS) is 11.3. The highest BCUT2D eigenvalue weighted by Crippen LogP contribution is 2.18. The van der Waals surface area contributed by atoms with Gasteiger partial charge >= 0.3 is 5.97 Å². The van der Waals surface area contributed by atoms with Gasteiger partial charge in [0.1, 0.15) is 0 Å². The van der Waals surface area contributed by atoms with Crippen LogP contribution < -0.4 is 4.72 Å². The molecule has 1 N–H and O–H groups in total. The van der Waals surface area contributed by atoms with Crippen LogP contribution in [0.15, 0.2) is 35.1 Å². The number of esters is 1. The number of aromatic nitrogens is 1. The number of carbonyl (C=O) groups excluding carboxylic acids is 2. The van der Waals surface area contributed by atoms with Crippen molar-refractivity contribution in [3.05, 3.63) is 50.4 Å². The number of rotatable bonds is 8. The highest BCUT2D eigenvalue weighted by molar-refractivity contribution is 9.10. The van der Waals surface area contributed by atoms with E-state index in [9.17, 15) is 18.0 Å². The second-order valence-corrected chi connectivity index (χ2v) is 8.99. The minimum Gasteiger partial charge on any atom is -0.454 e. The summed E-state index contributed by atoms with van der Waals surface area (Å²) in [6.07, 6.45) is 4.46. The monoisotopic (exact) mass is 446 g/mol. The summed E-state index contributed by atoms with van der Waals surface area (Å²) in [6.45, 7) is -0.106. The molecule has 0 aromatic carbocycles. The van der Waals surface area contributed by atoms with Crippen LogP contribution in [0.3, 0.4) is 0 Å². The summed E-state index contributed by atoms with van der Waals surface area (Å²) in [6, 6.07) is 4.94. The summed E-state index contributed by atoms with van der Waals surface area (Å²) in [7, 11) is -3.23. The van der Waals surface area contributed by atoms with Gasteiger partial charge in [-0.3, -0.25) is 9.78 Å². The number of halogens is 1. The van der Waals surface area contributed by atoms with E-state index in [1.807, 2.05) is 0 Å². The van der Waals surface area contributed by atoms with Gasteiger partial charge in [-0.05, 0) is 40.5 Å². The van der Waals surface area contributed by atoms with Crippen molar-refractivity contribution < 1.29 is 22.7 Å². The van der Waals surface area contributed by atoms with E-state index in [1.54, 1.807) is 18.2 Å². The zero-order chi connectivity index (χ0) is 18.4. The Labute approximate surface area is 157 Å². The molecule has 25 heavy (non-hydrogen) atoms. The van der Waals surface area contributed by atoms with Gasteiger partial charge < -0.3 is 4.74 Å². The zero-order valence-electron chi connectivity index (χ0n) is 13.2. The number of carbonyl (C=O) groups is 2. The van der Waals surface area contributed by atoms with E-state index < -0.39 is 16.0 Å². The third kappa shape index (κ3) is 6.65. The van der Waals surface area contributed by atoms with Crippen molar-refractivity contribution in [1.82, 2.24) is 9.71 Å². The minimum atomic E-state index is -3.23. The molecule has 10 heteroatoms. The van der Waals surface area contributed by atoms with Crippen LogP contribution in [0.1, 0.15) is 24.9 Å². The number of nitrogens with one attached hydrogen (secondary N) is 1. The van der Waals surface area contributed by atoms with Crippen LogP contribution in [0, 0.1) is 0 Å². The fraction of sp³-hybridized carbons (Fsp3) is 0.267. The number of ketones is 1. The zero-order valence-corrected chi connectivity index (χ0v) is 16.4. The summed E-state index contributed by atoms with van der Waals surface area (Å²) in [4.78, 5) is 29.1. The predicted octanol–water partition coefficient (Wildman–Crippen LogP) is 2.04. The molecule has 0 fully saturated rings. The summed E-state index contributed by atoms with van der Waals surface area (Å²) in [5, 5.41) is 0. The Morgan fingerprint density at radius 1 is 1.32 bits per heavy atom. The Morgan fingerprint density at radius 2 is 2.08 bits per heavy atom. The van der Waals surface area contributed by atoms with Crippen LogP contribution in [0.5, 0.6) is 0 Å². The summed E-state index contributed by atoms with van der Waals surface area (Å²) >= 11 is 4.45. The topological polar surface area (TPSA) is 102 Å². The van der Waals surface area contributed by atoms with Crippen molar-refractivity contribution >= 4 is 49.0 Å². The molecule has 0 atom stereocenters. The molecule has 0 aliphatic carbocycles. The number of ether oxygens (including phenoxy) is 1. The maximum Gasteiger partial charge on any atom is 0.340 e. The molecule has 0 aliphatic heterocycles. The smallest absolute Gasteiger partial charge is 0.340 e. The van der Waals surface area contributed by atoms with Gasteiger partial charge in [-0.15, -0.1) is 11.3 Å². The van der Waals surface area contributed by atoms with Crippen molar-refractivity contribution in [2.75, 3.05) is 19.4 Å². The van der Waals surface area contributed by atoms with Crippen molar-refractivity contribution in [1.29, 1.82) is 0 Å². The number of pyridine rings is 1. The van der Waals surface area contributed by atoms with Crippen LogP contribution in [0.4, 0.5) is 0 Å². The van der Waals surface area contributed by atoms with Crippen molar-refractivity contribution in [2.45, 2.75) is 6.42 Å². The van der Waals surface area contributed by atoms with E-state index in [2.05, 4.69) is 25.6 Å². The molecule has 0 bridgehead atoms. The van der Waals surface area contributed by atoms with Crippen LogP contribution in [-0.4, -0.2) is 44.6 Å². The molecule has 0 saturated carbocycles. The van der Waals surface area contributed by atoms with Crippen molar-refractivity contribution in [3.8, 4) is 0 Å². The molecule has 2 aromatic rings. The summed E-state index contributed by atoms with van der Waals surface area (Å²) in [5.41, 5.74) is 0.251. The lowest BCUT2D eigenvalue weighted by atomic mass is 10.3. The van der Waals surface area contributed by atoms with Gasteiger partial charge in [-0.1, -0.05) is 0 Å². The molecule has 2 heterocycles. The molecular weight excluding hydrogens is 432 g/mol. The van der Waals surface area contributed by atoms with Gasteiger partial charge in [-0.2, -0.15) is 0 Å². The number of nitrogens with zero attached hydrogens (tertiary/aromatic N) is 1. The second-order valence-electron chi connectivity index (χ2n) is 5.07. The first-order valence-corrected chi connectivity index (χ1v) is 10.6. The lowest BCUT2D eigenvalue weighted by Gasteiger charge is -2.03. The first-order valence-electron chi connectivity index (χ1n) is 7.09. The number of thiophene rings is 1. The van der Waals surface area contributed by atoms with Crippen LogP contribution in [0.25, 0.3) is 0 Å².